The van der Waals surface area contributed by atoms with Gasteiger partial charge in [-0.05, 0) is 45.1 Å². The number of pyridine rings is 1. The lowest BCUT2D eigenvalue weighted by Gasteiger charge is -2.26. The molecule has 0 aromatic carbocycles. The molecule has 1 aliphatic heterocycles. The number of carbonyl (C=O) groups excluding carboxylic acids is 1. The first-order valence-corrected chi connectivity index (χ1v) is 8.88. The Kier molecular flexibility index (Phi) is 4.77. The number of carbonyl (C=O) groups is 2. The summed E-state index contributed by atoms with van der Waals surface area (Å²) in [6.07, 6.45) is 3.40. The van der Waals surface area contributed by atoms with Crippen molar-refractivity contribution in [2.24, 2.45) is 5.92 Å². The van der Waals surface area contributed by atoms with Crippen LogP contribution >= 0.6 is 11.6 Å². The Morgan fingerprint density at radius 1 is 1.48 bits per heavy atom. The topological polar surface area (TPSA) is 94.6 Å². The SMILES string of the molecule is C[C@H](NC(=O)c1cnc(Cl)cc1N1CC[C@](C)(NC(=O)O)C1)C1CC1. The van der Waals surface area contributed by atoms with Crippen LogP contribution in [0.1, 0.15) is 43.5 Å². The minimum atomic E-state index is -1.05. The third-order valence-corrected chi connectivity index (χ3v) is 5.21. The summed E-state index contributed by atoms with van der Waals surface area (Å²) in [6, 6.07) is 1.80. The zero-order valence-electron chi connectivity index (χ0n) is 14.4. The van der Waals surface area contributed by atoms with Gasteiger partial charge in [0.05, 0.1) is 16.8 Å². The van der Waals surface area contributed by atoms with Crippen molar-refractivity contribution >= 4 is 29.3 Å². The average molecular weight is 367 g/mol. The second kappa shape index (κ2) is 6.71. The lowest BCUT2D eigenvalue weighted by molar-refractivity contribution is 0.0936. The van der Waals surface area contributed by atoms with E-state index in [1.165, 1.54) is 6.20 Å². The van der Waals surface area contributed by atoms with Crippen molar-refractivity contribution in [2.75, 3.05) is 18.0 Å². The summed E-state index contributed by atoms with van der Waals surface area (Å²) in [5, 5.41) is 14.9. The third kappa shape index (κ3) is 4.15. The van der Waals surface area contributed by atoms with E-state index in [2.05, 4.69) is 15.6 Å². The molecule has 0 bridgehead atoms. The first-order chi connectivity index (χ1) is 11.8. The van der Waals surface area contributed by atoms with Crippen molar-refractivity contribution in [3.8, 4) is 0 Å². The number of rotatable bonds is 5. The van der Waals surface area contributed by atoms with Gasteiger partial charge in [0.1, 0.15) is 5.15 Å². The summed E-state index contributed by atoms with van der Waals surface area (Å²) in [4.78, 5) is 29.7. The maximum absolute atomic E-state index is 12.7. The molecular weight excluding hydrogens is 344 g/mol. The molecule has 0 unspecified atom stereocenters. The molecule has 1 saturated carbocycles. The number of nitrogens with zero attached hydrogens (tertiary/aromatic N) is 2. The van der Waals surface area contributed by atoms with Crippen LogP contribution in [0.5, 0.6) is 0 Å². The smallest absolute Gasteiger partial charge is 0.405 e. The van der Waals surface area contributed by atoms with E-state index in [9.17, 15) is 9.59 Å². The van der Waals surface area contributed by atoms with Crippen LogP contribution in [0.2, 0.25) is 5.15 Å². The third-order valence-electron chi connectivity index (χ3n) is 5.00. The monoisotopic (exact) mass is 366 g/mol. The van der Waals surface area contributed by atoms with Gasteiger partial charge in [-0.25, -0.2) is 9.78 Å². The fourth-order valence-electron chi connectivity index (χ4n) is 3.38. The van der Waals surface area contributed by atoms with E-state index in [0.29, 0.717) is 41.8 Å². The first kappa shape index (κ1) is 17.8. The van der Waals surface area contributed by atoms with Gasteiger partial charge < -0.3 is 20.6 Å². The van der Waals surface area contributed by atoms with Crippen LogP contribution in [-0.2, 0) is 0 Å². The minimum Gasteiger partial charge on any atom is -0.465 e. The summed E-state index contributed by atoms with van der Waals surface area (Å²) >= 11 is 6.04. The van der Waals surface area contributed by atoms with Crippen LogP contribution < -0.4 is 15.5 Å². The second-order valence-electron chi connectivity index (χ2n) is 7.29. The first-order valence-electron chi connectivity index (χ1n) is 8.50. The fraction of sp³-hybridized carbons (Fsp3) is 0.588. The zero-order chi connectivity index (χ0) is 18.2. The van der Waals surface area contributed by atoms with Gasteiger partial charge in [0.15, 0.2) is 0 Å². The molecule has 2 aliphatic rings. The van der Waals surface area contributed by atoms with Crippen molar-refractivity contribution in [1.82, 2.24) is 15.6 Å². The Balaban J connectivity index is 1.80. The molecule has 3 rings (SSSR count). The lowest BCUT2D eigenvalue weighted by Crippen LogP contribution is -2.47. The molecular formula is C17H23ClN4O3. The van der Waals surface area contributed by atoms with E-state index in [1.54, 1.807) is 6.07 Å². The molecule has 3 N–H and O–H groups in total. The molecule has 136 valence electrons. The van der Waals surface area contributed by atoms with E-state index in [-0.39, 0.29) is 11.9 Å². The zero-order valence-corrected chi connectivity index (χ0v) is 15.1. The van der Waals surface area contributed by atoms with Gasteiger partial charge in [0, 0.05) is 25.3 Å². The summed E-state index contributed by atoms with van der Waals surface area (Å²) in [7, 11) is 0. The number of nitrogens with one attached hydrogen (secondary N) is 2. The Bertz CT molecular complexity index is 694. The highest BCUT2D eigenvalue weighted by Gasteiger charge is 2.37. The molecule has 1 aromatic heterocycles. The van der Waals surface area contributed by atoms with Crippen molar-refractivity contribution in [3.05, 3.63) is 23.0 Å². The van der Waals surface area contributed by atoms with Gasteiger partial charge in [-0.15, -0.1) is 0 Å². The maximum atomic E-state index is 12.7. The lowest BCUT2D eigenvalue weighted by atomic mass is 10.0. The standard InChI is InChI=1S/C17H23ClN4O3/c1-10(11-3-4-11)20-15(23)12-8-19-14(18)7-13(12)22-6-5-17(2,9-22)21-16(24)25/h7-8,10-11,21H,3-6,9H2,1-2H3,(H,20,23)(H,24,25)/t10-,17-/m0/s1. The van der Waals surface area contributed by atoms with Crippen LogP contribution in [0, 0.1) is 5.92 Å². The predicted octanol–water partition coefficient (Wildman–Crippen LogP) is 2.50. The fourth-order valence-corrected chi connectivity index (χ4v) is 3.53. The summed E-state index contributed by atoms with van der Waals surface area (Å²) in [5.74, 6) is 0.390. The largest absolute Gasteiger partial charge is 0.465 e. The Morgan fingerprint density at radius 2 is 2.20 bits per heavy atom. The summed E-state index contributed by atoms with van der Waals surface area (Å²) < 4.78 is 0. The Morgan fingerprint density at radius 3 is 2.84 bits per heavy atom. The molecule has 1 saturated heterocycles. The van der Waals surface area contributed by atoms with Gasteiger partial charge in [-0.2, -0.15) is 0 Å². The van der Waals surface area contributed by atoms with Gasteiger partial charge >= 0.3 is 6.09 Å². The van der Waals surface area contributed by atoms with Crippen LogP contribution in [0.15, 0.2) is 12.3 Å². The number of hydrogen-bond donors (Lipinski definition) is 3. The molecule has 0 spiro atoms. The van der Waals surface area contributed by atoms with E-state index in [0.717, 1.165) is 12.8 Å². The van der Waals surface area contributed by atoms with Crippen molar-refractivity contribution < 1.29 is 14.7 Å². The van der Waals surface area contributed by atoms with Gasteiger partial charge in [-0.1, -0.05) is 11.6 Å². The quantitative estimate of drug-likeness (QED) is 0.696. The molecule has 8 heteroatoms. The number of aromatic nitrogens is 1. The highest BCUT2D eigenvalue weighted by molar-refractivity contribution is 6.29. The second-order valence-corrected chi connectivity index (χ2v) is 7.67. The van der Waals surface area contributed by atoms with Gasteiger partial charge in [0.2, 0.25) is 0 Å². The number of hydrogen-bond acceptors (Lipinski definition) is 4. The average Bonchev–Trinajstić information content (AvgIpc) is 3.30. The molecule has 2 heterocycles. The van der Waals surface area contributed by atoms with Crippen LogP contribution in [0.3, 0.4) is 0 Å². The molecule has 1 aliphatic carbocycles. The summed E-state index contributed by atoms with van der Waals surface area (Å²) in [5.41, 5.74) is 0.601. The number of carboxylic acid groups (broad SMARTS) is 1. The van der Waals surface area contributed by atoms with E-state index < -0.39 is 11.6 Å². The minimum absolute atomic E-state index is 0.133. The highest BCUT2D eigenvalue weighted by Crippen LogP contribution is 2.33. The van der Waals surface area contributed by atoms with Crippen molar-refractivity contribution in [3.63, 3.8) is 0 Å². The molecule has 7 nitrogen and oxygen atoms in total. The van der Waals surface area contributed by atoms with Crippen molar-refractivity contribution in [2.45, 2.75) is 44.7 Å². The number of anilines is 1. The molecule has 0 radical (unpaired) electrons. The van der Waals surface area contributed by atoms with Crippen LogP contribution in [0.25, 0.3) is 0 Å². The van der Waals surface area contributed by atoms with Gasteiger partial charge in [-0.3, -0.25) is 4.79 Å². The summed E-state index contributed by atoms with van der Waals surface area (Å²) in [6.45, 7) is 4.98. The normalized spacial score (nSPS) is 24.0. The molecule has 2 fully saturated rings. The van der Waals surface area contributed by atoms with E-state index in [1.807, 2.05) is 18.7 Å². The molecule has 2 amide bonds. The van der Waals surface area contributed by atoms with Gasteiger partial charge in [0.25, 0.3) is 5.91 Å². The Labute approximate surface area is 151 Å². The van der Waals surface area contributed by atoms with Crippen LogP contribution in [0.4, 0.5) is 10.5 Å². The maximum Gasteiger partial charge on any atom is 0.405 e. The number of amides is 2. The Hall–Kier alpha value is -2.02. The highest BCUT2D eigenvalue weighted by atomic mass is 35.5. The predicted molar refractivity (Wildman–Crippen MR) is 95.3 cm³/mol. The molecule has 1 aromatic rings. The van der Waals surface area contributed by atoms with Crippen molar-refractivity contribution in [1.29, 1.82) is 0 Å². The molecule has 25 heavy (non-hydrogen) atoms. The van der Waals surface area contributed by atoms with Crippen LogP contribution in [-0.4, -0.2) is 46.8 Å². The van der Waals surface area contributed by atoms with E-state index >= 15 is 0 Å². The number of halogens is 1. The molecule has 2 atom stereocenters. The van der Waals surface area contributed by atoms with E-state index in [4.69, 9.17) is 16.7 Å².